The molecule has 9 nitrogen and oxygen atoms in total. The van der Waals surface area contributed by atoms with E-state index in [0.717, 1.165) is 27.7 Å². The largest absolute Gasteiger partial charge is 0.468 e. The van der Waals surface area contributed by atoms with Crippen LogP contribution in [0.3, 0.4) is 0 Å². The molecule has 0 spiro atoms. The molecule has 38 heavy (non-hydrogen) atoms. The molecule has 0 aliphatic heterocycles. The van der Waals surface area contributed by atoms with E-state index in [4.69, 9.17) is 4.42 Å². The minimum absolute atomic E-state index is 0.0505. The predicted octanol–water partition coefficient (Wildman–Crippen LogP) is 5.08. The summed E-state index contributed by atoms with van der Waals surface area (Å²) >= 11 is 1.36. The van der Waals surface area contributed by atoms with E-state index in [1.165, 1.54) is 30.2 Å². The summed E-state index contributed by atoms with van der Waals surface area (Å²) in [6, 6.07) is 17.6. The fourth-order valence-electron chi connectivity index (χ4n) is 4.26. The molecule has 5 rings (SSSR count). The number of rotatable bonds is 9. The van der Waals surface area contributed by atoms with Crippen LogP contribution in [0.25, 0.3) is 16.6 Å². The van der Waals surface area contributed by atoms with Crippen LogP contribution in [0, 0.1) is 13.8 Å². The van der Waals surface area contributed by atoms with Gasteiger partial charge in [-0.05, 0) is 73.9 Å². The number of nitrogens with zero attached hydrogens (tertiary/aromatic N) is 3. The van der Waals surface area contributed by atoms with Crippen molar-refractivity contribution < 1.29 is 17.6 Å². The molecule has 0 saturated carbocycles. The van der Waals surface area contributed by atoms with Crippen molar-refractivity contribution in [2.75, 3.05) is 5.32 Å². The van der Waals surface area contributed by atoms with Crippen molar-refractivity contribution in [3.63, 3.8) is 0 Å². The van der Waals surface area contributed by atoms with Crippen LogP contribution in [0.4, 0.5) is 5.69 Å². The number of carbonyl (C=O) groups is 1. The van der Waals surface area contributed by atoms with Gasteiger partial charge in [0.05, 0.1) is 28.5 Å². The molecule has 0 aliphatic rings. The molecule has 0 aliphatic carbocycles. The molecule has 0 fully saturated rings. The molecule has 1 amide bonds. The number of carbonyl (C=O) groups excluding carboxylic acids is 1. The number of anilines is 1. The van der Waals surface area contributed by atoms with Gasteiger partial charge in [-0.1, -0.05) is 36.9 Å². The highest BCUT2D eigenvalue weighted by molar-refractivity contribution is 8.00. The molecule has 0 bridgehead atoms. The van der Waals surface area contributed by atoms with E-state index in [-0.39, 0.29) is 17.3 Å². The van der Waals surface area contributed by atoms with Crippen LogP contribution in [0.1, 0.15) is 30.2 Å². The highest BCUT2D eigenvalue weighted by atomic mass is 32.2. The van der Waals surface area contributed by atoms with Crippen LogP contribution >= 0.6 is 11.8 Å². The van der Waals surface area contributed by atoms with Gasteiger partial charge in [-0.15, -0.1) is 10.2 Å². The third kappa shape index (κ3) is 5.17. The third-order valence-corrected chi connectivity index (χ3v) is 8.97. The number of aryl methyl sites for hydroxylation is 2. The predicted molar refractivity (Wildman–Crippen MR) is 148 cm³/mol. The zero-order valence-electron chi connectivity index (χ0n) is 21.1. The highest BCUT2D eigenvalue weighted by Crippen LogP contribution is 2.31. The van der Waals surface area contributed by atoms with Crippen molar-refractivity contribution in [1.82, 2.24) is 19.3 Å². The van der Waals surface area contributed by atoms with Crippen molar-refractivity contribution in [2.45, 2.75) is 49.0 Å². The van der Waals surface area contributed by atoms with Crippen molar-refractivity contribution >= 4 is 49.9 Å². The minimum Gasteiger partial charge on any atom is -0.468 e. The quantitative estimate of drug-likeness (QED) is 0.246. The van der Waals surface area contributed by atoms with Crippen LogP contribution in [-0.2, 0) is 21.4 Å². The Bertz CT molecular complexity index is 1710. The Kier molecular flexibility index (Phi) is 7.24. The monoisotopic (exact) mass is 549 g/mol. The lowest BCUT2D eigenvalue weighted by molar-refractivity contribution is -0.115. The number of amides is 1. The Hall–Kier alpha value is -3.67. The van der Waals surface area contributed by atoms with Gasteiger partial charge >= 0.3 is 0 Å². The van der Waals surface area contributed by atoms with E-state index < -0.39 is 15.3 Å². The summed E-state index contributed by atoms with van der Waals surface area (Å²) in [5.74, 6) is 0.313. The van der Waals surface area contributed by atoms with Crippen molar-refractivity contribution in [3.8, 4) is 0 Å². The number of furan rings is 1. The maximum absolute atomic E-state index is 13.2. The number of sulfonamides is 1. The number of hydrogen-bond acceptors (Lipinski definition) is 7. The number of thioether (sulfide) groups is 1. The van der Waals surface area contributed by atoms with Gasteiger partial charge in [0.15, 0.2) is 10.8 Å². The molecule has 5 aromatic rings. The van der Waals surface area contributed by atoms with Gasteiger partial charge in [-0.2, -0.15) is 0 Å². The average molecular weight is 550 g/mol. The summed E-state index contributed by atoms with van der Waals surface area (Å²) in [5, 5.41) is 13.0. The van der Waals surface area contributed by atoms with Gasteiger partial charge in [-0.3, -0.25) is 9.20 Å². The smallest absolute Gasteiger partial charge is 0.240 e. The number of nitrogens with one attached hydrogen (secondary N) is 2. The summed E-state index contributed by atoms with van der Waals surface area (Å²) in [6.45, 7) is 6.09. The zero-order chi connectivity index (χ0) is 26.9. The molecule has 1 unspecified atom stereocenters. The number of para-hydroxylation sites is 1. The molecule has 0 saturated heterocycles. The summed E-state index contributed by atoms with van der Waals surface area (Å²) in [5.41, 5.74) is 4.49. The first kappa shape index (κ1) is 26.0. The molecule has 2 aromatic carbocycles. The first-order valence-electron chi connectivity index (χ1n) is 12.1. The molecule has 1 atom stereocenters. The first-order valence-corrected chi connectivity index (χ1v) is 14.5. The zero-order valence-corrected chi connectivity index (χ0v) is 22.8. The van der Waals surface area contributed by atoms with Gasteiger partial charge in [0.2, 0.25) is 15.9 Å². The topological polar surface area (TPSA) is 119 Å². The lowest BCUT2D eigenvalue weighted by Crippen LogP contribution is -2.25. The van der Waals surface area contributed by atoms with Crippen molar-refractivity contribution in [3.05, 3.63) is 83.8 Å². The van der Waals surface area contributed by atoms with Gasteiger partial charge < -0.3 is 9.73 Å². The second-order valence-corrected chi connectivity index (χ2v) is 11.8. The Labute approximate surface area is 224 Å². The summed E-state index contributed by atoms with van der Waals surface area (Å²) in [4.78, 5) is 13.3. The fourth-order valence-corrected chi connectivity index (χ4v) is 6.22. The van der Waals surface area contributed by atoms with E-state index >= 15 is 0 Å². The summed E-state index contributed by atoms with van der Waals surface area (Å²) < 4.78 is 34.8. The van der Waals surface area contributed by atoms with Crippen molar-refractivity contribution in [1.29, 1.82) is 0 Å². The number of aromatic nitrogens is 3. The fraction of sp³-hybridized carbons (Fsp3) is 0.222. The van der Waals surface area contributed by atoms with E-state index in [1.807, 2.05) is 23.5 Å². The van der Waals surface area contributed by atoms with Crippen LogP contribution in [-0.4, -0.2) is 34.2 Å². The molecule has 196 valence electrons. The number of fused-ring (bicyclic) bond motifs is 3. The van der Waals surface area contributed by atoms with E-state index in [0.29, 0.717) is 23.0 Å². The molecule has 3 aromatic heterocycles. The third-order valence-electron chi connectivity index (χ3n) is 6.25. The van der Waals surface area contributed by atoms with Crippen LogP contribution in [0.15, 0.2) is 81.4 Å². The SMILES string of the molecule is CCC(Sc1nnc2cc(C)c3cccc(C)c3n12)C(=O)Nc1ccc(S(=O)(=O)NCc2ccco2)cc1. The molecule has 2 N–H and O–H groups in total. The molecular formula is C27H27N5O4S2. The van der Waals surface area contributed by atoms with Gasteiger partial charge in [0.1, 0.15) is 5.76 Å². The lowest BCUT2D eigenvalue weighted by atomic mass is 10.1. The molecular weight excluding hydrogens is 522 g/mol. The Morgan fingerprint density at radius 3 is 2.55 bits per heavy atom. The van der Waals surface area contributed by atoms with E-state index in [1.54, 1.807) is 24.3 Å². The number of benzene rings is 2. The van der Waals surface area contributed by atoms with E-state index in [9.17, 15) is 13.2 Å². The summed E-state index contributed by atoms with van der Waals surface area (Å²) in [7, 11) is -3.73. The van der Waals surface area contributed by atoms with Crippen molar-refractivity contribution in [2.24, 2.45) is 0 Å². The second-order valence-electron chi connectivity index (χ2n) is 8.91. The molecule has 3 heterocycles. The number of pyridine rings is 1. The van der Waals surface area contributed by atoms with Gasteiger partial charge in [0, 0.05) is 11.1 Å². The molecule has 0 radical (unpaired) electrons. The second kappa shape index (κ2) is 10.6. The molecule has 11 heteroatoms. The lowest BCUT2D eigenvalue weighted by Gasteiger charge is -2.15. The minimum atomic E-state index is -3.73. The van der Waals surface area contributed by atoms with Gasteiger partial charge in [0.25, 0.3) is 0 Å². The highest BCUT2D eigenvalue weighted by Gasteiger charge is 2.23. The van der Waals surface area contributed by atoms with Crippen LogP contribution in [0.5, 0.6) is 0 Å². The Morgan fingerprint density at radius 1 is 1.05 bits per heavy atom. The Morgan fingerprint density at radius 2 is 1.84 bits per heavy atom. The number of hydrogen-bond donors (Lipinski definition) is 2. The van der Waals surface area contributed by atoms with Crippen LogP contribution in [0.2, 0.25) is 0 Å². The van der Waals surface area contributed by atoms with Crippen LogP contribution < -0.4 is 10.0 Å². The standard InChI is InChI=1S/C27H27N5O4S2/c1-4-23(37-27-31-30-24-15-18(3)22-9-5-7-17(2)25(22)32(24)27)26(33)29-19-10-12-21(13-11-19)38(34,35)28-16-20-8-6-14-36-20/h5-15,23,28H,4,16H2,1-3H3,(H,29,33). The maximum atomic E-state index is 13.2. The normalized spacial score (nSPS) is 12.7. The average Bonchev–Trinajstić information content (AvgIpc) is 3.57. The van der Waals surface area contributed by atoms with E-state index in [2.05, 4.69) is 46.2 Å². The van der Waals surface area contributed by atoms with Gasteiger partial charge in [-0.25, -0.2) is 13.1 Å². The Balaban J connectivity index is 1.32. The maximum Gasteiger partial charge on any atom is 0.240 e. The first-order chi connectivity index (χ1) is 18.3. The summed E-state index contributed by atoms with van der Waals surface area (Å²) in [6.07, 6.45) is 2.05.